The van der Waals surface area contributed by atoms with Crippen LogP contribution in [0.1, 0.15) is 73.7 Å². The first-order valence-corrected chi connectivity index (χ1v) is 19.0. The molecule has 4 aromatic rings. The molecule has 0 unspecified atom stereocenters. The Kier molecular flexibility index (Phi) is 11.9. The Morgan fingerprint density at radius 1 is 0.811 bits per heavy atom. The monoisotopic (exact) mass is 716 g/mol. The van der Waals surface area contributed by atoms with E-state index in [1.165, 1.54) is 33.4 Å². The molecular weight excluding hydrogens is 661 g/mol. The van der Waals surface area contributed by atoms with Crippen molar-refractivity contribution >= 4 is 17.5 Å². The maximum absolute atomic E-state index is 13.7. The van der Waals surface area contributed by atoms with Crippen LogP contribution in [0.4, 0.5) is 5.69 Å². The number of nitrogens with two attached hydrogens (primary N) is 2. The van der Waals surface area contributed by atoms with E-state index < -0.39 is 12.1 Å². The number of piperazine rings is 1. The first-order chi connectivity index (χ1) is 25.4. The average Bonchev–Trinajstić information content (AvgIpc) is 3.12. The summed E-state index contributed by atoms with van der Waals surface area (Å²) in [6, 6.07) is 21.3. The number of carbonyl (C=O) groups is 2. The Labute approximate surface area is 314 Å². The van der Waals surface area contributed by atoms with E-state index in [-0.39, 0.29) is 23.6 Å². The molecule has 0 spiro atoms. The number of hydrogen-bond donors (Lipinski definition) is 5. The Balaban J connectivity index is 1.16. The Morgan fingerprint density at radius 2 is 1.42 bits per heavy atom. The molecule has 280 valence electrons. The van der Waals surface area contributed by atoms with Gasteiger partial charge in [-0.1, -0.05) is 60.2 Å². The van der Waals surface area contributed by atoms with Gasteiger partial charge in [0.05, 0.1) is 18.1 Å². The minimum atomic E-state index is -0.651. The number of fused-ring (bicyclic) bond motifs is 1. The van der Waals surface area contributed by atoms with Crippen LogP contribution >= 0.6 is 0 Å². The molecule has 0 bridgehead atoms. The number of nitrogens with one attached hydrogen (secondary N) is 2. The summed E-state index contributed by atoms with van der Waals surface area (Å²) < 4.78 is 0. The lowest BCUT2D eigenvalue weighted by atomic mass is 9.89. The molecule has 9 nitrogen and oxygen atoms in total. The van der Waals surface area contributed by atoms with Crippen molar-refractivity contribution in [2.24, 2.45) is 11.5 Å². The predicted octanol–water partition coefficient (Wildman–Crippen LogP) is 5.28. The Hall–Kier alpha value is -4.70. The van der Waals surface area contributed by atoms with Crippen molar-refractivity contribution < 1.29 is 14.7 Å². The third-order valence-electron chi connectivity index (χ3n) is 11.1. The number of aryl methyl sites for hydroxylation is 5. The lowest BCUT2D eigenvalue weighted by molar-refractivity contribution is -0.134. The fourth-order valence-electron chi connectivity index (χ4n) is 8.32. The van der Waals surface area contributed by atoms with E-state index in [0.29, 0.717) is 25.9 Å². The van der Waals surface area contributed by atoms with Crippen molar-refractivity contribution in [3.63, 3.8) is 0 Å². The highest BCUT2D eigenvalue weighted by Gasteiger charge is 2.30. The van der Waals surface area contributed by atoms with Gasteiger partial charge in [-0.25, -0.2) is 0 Å². The molecule has 53 heavy (non-hydrogen) atoms. The molecule has 0 radical (unpaired) electrons. The van der Waals surface area contributed by atoms with Crippen molar-refractivity contribution in [2.75, 3.05) is 38.0 Å². The van der Waals surface area contributed by atoms with Crippen LogP contribution in [-0.4, -0.2) is 71.5 Å². The summed E-state index contributed by atoms with van der Waals surface area (Å²) >= 11 is 0. The molecule has 2 aliphatic rings. The third kappa shape index (κ3) is 9.10. The van der Waals surface area contributed by atoms with Crippen LogP contribution in [0.15, 0.2) is 66.7 Å². The van der Waals surface area contributed by atoms with Gasteiger partial charge in [0.15, 0.2) is 0 Å². The number of rotatable bonds is 11. The molecule has 9 heteroatoms. The second kappa shape index (κ2) is 16.5. The lowest BCUT2D eigenvalue weighted by Crippen LogP contribution is -2.53. The van der Waals surface area contributed by atoms with Crippen molar-refractivity contribution in [1.82, 2.24) is 15.1 Å². The molecule has 0 aliphatic carbocycles. The second-order valence-corrected chi connectivity index (χ2v) is 15.3. The number of phenols is 1. The van der Waals surface area contributed by atoms with E-state index in [4.69, 9.17) is 11.5 Å². The Morgan fingerprint density at radius 3 is 2.06 bits per heavy atom. The zero-order valence-corrected chi connectivity index (χ0v) is 32.0. The number of carbonyl (C=O) groups excluding carboxylic acids is 2. The van der Waals surface area contributed by atoms with Gasteiger partial charge in [-0.2, -0.15) is 0 Å². The highest BCUT2D eigenvalue weighted by Crippen LogP contribution is 2.36. The summed E-state index contributed by atoms with van der Waals surface area (Å²) in [5.74, 6) is 0.0576. The topological polar surface area (TPSA) is 137 Å². The van der Waals surface area contributed by atoms with Crippen molar-refractivity contribution in [3.05, 3.63) is 128 Å². The number of amides is 2. The normalized spacial score (nSPS) is 17.1. The maximum atomic E-state index is 13.7. The maximum Gasteiger partial charge on any atom is 0.239 e. The summed E-state index contributed by atoms with van der Waals surface area (Å²) in [4.78, 5) is 31.4. The molecule has 4 aromatic carbocycles. The molecule has 7 N–H and O–H groups in total. The van der Waals surface area contributed by atoms with Crippen LogP contribution in [0, 0.1) is 34.6 Å². The molecule has 0 saturated carbocycles. The van der Waals surface area contributed by atoms with Crippen LogP contribution in [0.3, 0.4) is 0 Å². The van der Waals surface area contributed by atoms with Crippen molar-refractivity contribution in [3.8, 4) is 5.75 Å². The third-order valence-corrected chi connectivity index (χ3v) is 11.1. The number of hydrogen-bond acceptors (Lipinski definition) is 7. The highest BCUT2D eigenvalue weighted by atomic mass is 16.3. The average molecular weight is 717 g/mol. The number of benzene rings is 4. The fraction of sp³-hybridized carbons (Fsp3) is 0.409. The smallest absolute Gasteiger partial charge is 0.239 e. The number of phenolic OH excluding ortho intramolecular Hbond substituents is 1. The van der Waals surface area contributed by atoms with E-state index in [1.807, 2.05) is 24.8 Å². The molecule has 2 aliphatic heterocycles. The van der Waals surface area contributed by atoms with Gasteiger partial charge < -0.3 is 32.1 Å². The summed E-state index contributed by atoms with van der Waals surface area (Å²) in [6.07, 6.45) is 2.49. The first kappa shape index (κ1) is 38.0. The van der Waals surface area contributed by atoms with Crippen LogP contribution in [0.25, 0.3) is 0 Å². The molecule has 2 heterocycles. The van der Waals surface area contributed by atoms with Crippen LogP contribution < -0.4 is 22.1 Å². The highest BCUT2D eigenvalue weighted by molar-refractivity contribution is 5.83. The van der Waals surface area contributed by atoms with Gasteiger partial charge in [0, 0.05) is 45.0 Å². The van der Waals surface area contributed by atoms with Gasteiger partial charge >= 0.3 is 0 Å². The SMILES string of the molecule is Cc1cc(C)c(C[C@H](N)C(=O)N[C@@H]2CCNc3c(CN4CCN(C(=O)[C@@H](N)Cc5c(C)cc(O)cc5C)CC4)cc(Cc4ccccc4)cc32)c(C)c1. The zero-order chi connectivity index (χ0) is 37.8. The molecular formula is C44H56N6O3. The quantitative estimate of drug-likeness (QED) is 0.143. The number of aromatic hydroxyl groups is 1. The van der Waals surface area contributed by atoms with Gasteiger partial charge in [0.1, 0.15) is 5.75 Å². The Bertz CT molecular complexity index is 1910. The minimum absolute atomic E-state index is 0.0371. The van der Waals surface area contributed by atoms with E-state index in [9.17, 15) is 14.7 Å². The van der Waals surface area contributed by atoms with Crippen LogP contribution in [-0.2, 0) is 35.4 Å². The van der Waals surface area contributed by atoms with Gasteiger partial charge in [0.25, 0.3) is 0 Å². The number of nitrogens with zero attached hydrogens (tertiary/aromatic N) is 2. The van der Waals surface area contributed by atoms with Crippen LogP contribution in [0.2, 0.25) is 0 Å². The van der Waals surface area contributed by atoms with Gasteiger partial charge in [0.2, 0.25) is 11.8 Å². The molecule has 1 fully saturated rings. The second-order valence-electron chi connectivity index (χ2n) is 15.3. The largest absolute Gasteiger partial charge is 0.508 e. The van der Waals surface area contributed by atoms with Gasteiger partial charge in [-0.15, -0.1) is 0 Å². The standard InChI is InChI=1S/C44H56N6O3/c1-27-17-28(2)36(29(3)18-27)24-39(45)43(52)48-41-11-12-47-42-34(22-33(23-38(41)42)21-32-9-7-6-8-10-32)26-49-13-15-50(16-14-49)44(53)40(46)25-37-30(4)19-35(51)20-31(37)5/h6-10,17-20,22-23,39-41,47,51H,11-16,21,24-26,45-46H2,1-5H3,(H,48,52)/t39-,40-,41+/m0/s1. The lowest BCUT2D eigenvalue weighted by Gasteiger charge is -2.37. The van der Waals surface area contributed by atoms with Gasteiger partial charge in [-0.3, -0.25) is 14.5 Å². The van der Waals surface area contributed by atoms with E-state index in [0.717, 1.165) is 72.5 Å². The summed E-state index contributed by atoms with van der Waals surface area (Å²) in [5, 5.41) is 17.0. The minimum Gasteiger partial charge on any atom is -0.508 e. The molecule has 6 rings (SSSR count). The van der Waals surface area contributed by atoms with E-state index in [2.05, 4.69) is 84.8 Å². The summed E-state index contributed by atoms with van der Waals surface area (Å²) in [6.45, 7) is 14.3. The summed E-state index contributed by atoms with van der Waals surface area (Å²) in [5.41, 5.74) is 26.4. The first-order valence-electron chi connectivity index (χ1n) is 19.0. The number of anilines is 1. The molecule has 2 amide bonds. The molecule has 0 aromatic heterocycles. The van der Waals surface area contributed by atoms with Crippen LogP contribution in [0.5, 0.6) is 5.75 Å². The zero-order valence-electron chi connectivity index (χ0n) is 32.0. The van der Waals surface area contributed by atoms with Gasteiger partial charge in [-0.05, 0) is 128 Å². The van der Waals surface area contributed by atoms with Crippen molar-refractivity contribution in [1.29, 1.82) is 0 Å². The van der Waals surface area contributed by atoms with E-state index >= 15 is 0 Å². The predicted molar refractivity (Wildman–Crippen MR) is 213 cm³/mol. The van der Waals surface area contributed by atoms with Crippen molar-refractivity contribution in [2.45, 2.75) is 85.0 Å². The fourth-order valence-corrected chi connectivity index (χ4v) is 8.32. The summed E-state index contributed by atoms with van der Waals surface area (Å²) in [7, 11) is 0. The van der Waals surface area contributed by atoms with E-state index in [1.54, 1.807) is 12.1 Å². The molecule has 3 atom stereocenters. The molecule has 1 saturated heterocycles.